The second-order valence-corrected chi connectivity index (χ2v) is 7.96. The molecule has 0 radical (unpaired) electrons. The largest absolute Gasteiger partial charge is 0.398 e. The molecule has 0 unspecified atom stereocenters. The van der Waals surface area contributed by atoms with Crippen LogP contribution in [0.2, 0.25) is 0 Å². The van der Waals surface area contributed by atoms with Crippen LogP contribution in [0.1, 0.15) is 18.4 Å². The molecule has 2 atom stereocenters. The second-order valence-electron chi connectivity index (χ2n) is 7.96. The molecule has 2 aliphatic rings. The summed E-state index contributed by atoms with van der Waals surface area (Å²) in [5, 5.41) is 6.66. The SMILES string of the molecule is CO[C@H]1CNC[C@@H]1Nc1cccc(-c2cnc3ccc(C4(C(F)(F)F)CC4)cn23)n1. The van der Waals surface area contributed by atoms with Crippen molar-refractivity contribution in [2.45, 2.75) is 36.6 Å². The molecule has 0 aromatic carbocycles. The van der Waals surface area contributed by atoms with Gasteiger partial charge in [0.05, 0.1) is 35.1 Å². The van der Waals surface area contributed by atoms with Crippen LogP contribution in [0.3, 0.4) is 0 Å². The molecule has 2 fully saturated rings. The molecule has 0 amide bonds. The van der Waals surface area contributed by atoms with Crippen LogP contribution >= 0.6 is 0 Å². The Morgan fingerprint density at radius 1 is 1.20 bits per heavy atom. The van der Waals surface area contributed by atoms with Crippen LogP contribution in [0.5, 0.6) is 0 Å². The molecule has 4 heterocycles. The average Bonchev–Trinajstić information content (AvgIpc) is 3.27. The highest BCUT2D eigenvalue weighted by Gasteiger charge is 2.64. The number of methoxy groups -OCH3 is 1. The number of nitrogens with zero attached hydrogens (tertiary/aromatic N) is 3. The van der Waals surface area contributed by atoms with Crippen LogP contribution in [0.15, 0.2) is 42.7 Å². The lowest BCUT2D eigenvalue weighted by Gasteiger charge is -2.20. The third-order valence-corrected chi connectivity index (χ3v) is 6.16. The van der Waals surface area contributed by atoms with Crippen LogP contribution < -0.4 is 10.6 Å². The van der Waals surface area contributed by atoms with Gasteiger partial charge in [-0.05, 0) is 36.6 Å². The fourth-order valence-corrected chi connectivity index (χ4v) is 4.21. The maximum absolute atomic E-state index is 13.6. The second kappa shape index (κ2) is 6.95. The van der Waals surface area contributed by atoms with Gasteiger partial charge in [-0.2, -0.15) is 13.2 Å². The number of halogens is 3. The first-order valence-electron chi connectivity index (χ1n) is 9.93. The molecule has 6 nitrogen and oxygen atoms in total. The van der Waals surface area contributed by atoms with Gasteiger partial charge in [0.1, 0.15) is 11.5 Å². The molecule has 3 aromatic rings. The zero-order valence-corrected chi connectivity index (χ0v) is 16.4. The number of pyridine rings is 2. The Morgan fingerprint density at radius 3 is 2.77 bits per heavy atom. The smallest absolute Gasteiger partial charge is 0.378 e. The maximum Gasteiger partial charge on any atom is 0.398 e. The third-order valence-electron chi connectivity index (χ3n) is 6.16. The average molecular weight is 417 g/mol. The molecule has 0 bridgehead atoms. The zero-order chi connectivity index (χ0) is 20.9. The van der Waals surface area contributed by atoms with Crippen LogP contribution in [-0.4, -0.2) is 52.9 Å². The molecule has 1 saturated carbocycles. The predicted octanol–water partition coefficient (Wildman–Crippen LogP) is 3.39. The highest BCUT2D eigenvalue weighted by Crippen LogP contribution is 2.58. The molecule has 1 saturated heterocycles. The lowest BCUT2D eigenvalue weighted by Crippen LogP contribution is -2.33. The first kappa shape index (κ1) is 19.3. The van der Waals surface area contributed by atoms with E-state index in [4.69, 9.17) is 4.74 Å². The van der Waals surface area contributed by atoms with E-state index in [-0.39, 0.29) is 30.6 Å². The van der Waals surface area contributed by atoms with E-state index < -0.39 is 11.6 Å². The van der Waals surface area contributed by atoms with Crippen LogP contribution in [0.4, 0.5) is 19.0 Å². The molecule has 9 heteroatoms. The summed E-state index contributed by atoms with van der Waals surface area (Å²) >= 11 is 0. The normalized spacial score (nSPS) is 23.1. The first-order valence-corrected chi connectivity index (χ1v) is 9.93. The van der Waals surface area contributed by atoms with E-state index >= 15 is 0 Å². The topological polar surface area (TPSA) is 63.5 Å². The summed E-state index contributed by atoms with van der Waals surface area (Å²) in [6, 6.07) is 8.84. The van der Waals surface area contributed by atoms with Crippen molar-refractivity contribution in [3.8, 4) is 11.4 Å². The third kappa shape index (κ3) is 3.13. The number of aromatic nitrogens is 3. The molecule has 1 aliphatic carbocycles. The molecule has 2 N–H and O–H groups in total. The van der Waals surface area contributed by atoms with Gasteiger partial charge in [-0.15, -0.1) is 0 Å². The number of imidazole rings is 1. The number of fused-ring (bicyclic) bond motifs is 1. The Bertz CT molecular complexity index is 1080. The van der Waals surface area contributed by atoms with Gasteiger partial charge in [0.15, 0.2) is 0 Å². The van der Waals surface area contributed by atoms with E-state index in [1.807, 2.05) is 18.2 Å². The fraction of sp³-hybridized carbons (Fsp3) is 0.429. The highest BCUT2D eigenvalue weighted by atomic mass is 19.4. The molecule has 30 heavy (non-hydrogen) atoms. The number of anilines is 1. The number of hydrogen-bond acceptors (Lipinski definition) is 5. The fourth-order valence-electron chi connectivity index (χ4n) is 4.21. The summed E-state index contributed by atoms with van der Waals surface area (Å²) in [4.78, 5) is 9.03. The van der Waals surface area contributed by atoms with Gasteiger partial charge in [-0.1, -0.05) is 12.1 Å². The first-order chi connectivity index (χ1) is 14.4. The van der Waals surface area contributed by atoms with Crippen molar-refractivity contribution >= 4 is 11.5 Å². The minimum atomic E-state index is -4.25. The zero-order valence-electron chi connectivity index (χ0n) is 16.4. The summed E-state index contributed by atoms with van der Waals surface area (Å²) in [6.45, 7) is 1.54. The van der Waals surface area contributed by atoms with E-state index in [9.17, 15) is 13.2 Å². The summed E-state index contributed by atoms with van der Waals surface area (Å²) in [7, 11) is 1.68. The minimum Gasteiger partial charge on any atom is -0.378 e. The summed E-state index contributed by atoms with van der Waals surface area (Å²) in [5.74, 6) is 0.684. The summed E-state index contributed by atoms with van der Waals surface area (Å²) < 4.78 is 47.9. The lowest BCUT2D eigenvalue weighted by atomic mass is 9.97. The predicted molar refractivity (Wildman–Crippen MR) is 106 cm³/mol. The van der Waals surface area contributed by atoms with Crippen molar-refractivity contribution in [2.24, 2.45) is 0 Å². The van der Waals surface area contributed by atoms with E-state index in [2.05, 4.69) is 20.6 Å². The Labute approximate surface area is 171 Å². The molecular weight excluding hydrogens is 395 g/mol. The van der Waals surface area contributed by atoms with E-state index in [0.29, 0.717) is 22.9 Å². The van der Waals surface area contributed by atoms with Gasteiger partial charge in [-0.25, -0.2) is 9.97 Å². The van der Waals surface area contributed by atoms with Crippen molar-refractivity contribution in [1.82, 2.24) is 19.7 Å². The summed E-state index contributed by atoms with van der Waals surface area (Å²) in [5.41, 5.74) is 0.426. The van der Waals surface area contributed by atoms with Crippen LogP contribution in [0, 0.1) is 0 Å². The molecule has 3 aromatic heterocycles. The van der Waals surface area contributed by atoms with Crippen molar-refractivity contribution in [3.05, 3.63) is 48.3 Å². The van der Waals surface area contributed by atoms with Crippen LogP contribution in [-0.2, 0) is 10.2 Å². The van der Waals surface area contributed by atoms with Gasteiger partial charge in [0.2, 0.25) is 0 Å². The molecule has 5 rings (SSSR count). The Balaban J connectivity index is 1.49. The number of rotatable bonds is 5. The molecular formula is C21H22F3N5O. The van der Waals surface area contributed by atoms with Crippen molar-refractivity contribution in [1.29, 1.82) is 0 Å². The van der Waals surface area contributed by atoms with E-state index in [1.54, 1.807) is 30.0 Å². The maximum atomic E-state index is 13.6. The monoisotopic (exact) mass is 417 g/mol. The molecule has 1 aliphatic heterocycles. The van der Waals surface area contributed by atoms with Gasteiger partial charge in [0.25, 0.3) is 0 Å². The minimum absolute atomic E-state index is 0.0471. The van der Waals surface area contributed by atoms with Gasteiger partial charge in [0, 0.05) is 26.4 Å². The van der Waals surface area contributed by atoms with Crippen molar-refractivity contribution in [3.63, 3.8) is 0 Å². The van der Waals surface area contributed by atoms with Crippen LogP contribution in [0.25, 0.3) is 17.0 Å². The van der Waals surface area contributed by atoms with Gasteiger partial charge < -0.3 is 15.4 Å². The quantitative estimate of drug-likeness (QED) is 0.666. The Kier molecular flexibility index (Phi) is 4.48. The Morgan fingerprint density at radius 2 is 2.03 bits per heavy atom. The number of hydrogen-bond donors (Lipinski definition) is 2. The van der Waals surface area contributed by atoms with Crippen molar-refractivity contribution in [2.75, 3.05) is 25.5 Å². The highest BCUT2D eigenvalue weighted by molar-refractivity contribution is 5.62. The molecule has 158 valence electrons. The van der Waals surface area contributed by atoms with Crippen molar-refractivity contribution < 1.29 is 17.9 Å². The van der Waals surface area contributed by atoms with Gasteiger partial charge >= 0.3 is 6.18 Å². The lowest BCUT2D eigenvalue weighted by molar-refractivity contribution is -0.160. The molecule has 0 spiro atoms. The Hall–Kier alpha value is -2.65. The summed E-state index contributed by atoms with van der Waals surface area (Å²) in [6.07, 6.45) is -0.753. The van der Waals surface area contributed by atoms with Gasteiger partial charge in [-0.3, -0.25) is 4.40 Å². The number of ether oxygens (including phenoxy) is 1. The number of alkyl halides is 3. The number of nitrogens with one attached hydrogen (secondary N) is 2. The standard InChI is InChI=1S/C21H22F3N5O/c1-30-17-11-25-9-15(17)28-18-4-2-3-14(27-18)16-10-26-19-6-5-13(12-29(16)19)20(7-8-20)21(22,23)24/h2-6,10,12,15,17,25H,7-9,11H2,1H3,(H,27,28)/t15-,17-/m0/s1. The van der Waals surface area contributed by atoms with E-state index in [0.717, 1.165) is 13.1 Å². The van der Waals surface area contributed by atoms with E-state index in [1.165, 1.54) is 6.07 Å².